The summed E-state index contributed by atoms with van der Waals surface area (Å²) in [5.74, 6) is 5.01. The highest BCUT2D eigenvalue weighted by atomic mass is 16.6. The van der Waals surface area contributed by atoms with E-state index in [1.165, 1.54) is 7.11 Å². The van der Waals surface area contributed by atoms with Crippen molar-refractivity contribution in [3.05, 3.63) is 108 Å². The average Bonchev–Trinajstić information content (AvgIpc) is 2.93. The number of nitrogens with zero attached hydrogens (tertiary/aromatic N) is 1. The lowest BCUT2D eigenvalue weighted by Crippen LogP contribution is -2.55. The molecule has 0 aliphatic carbocycles. The molecule has 2 amide bonds. The molecule has 0 saturated heterocycles. The number of rotatable bonds is 7. The molecule has 0 fully saturated rings. The Labute approximate surface area is 209 Å². The molecular weight excluding hydrogens is 460 g/mol. The molecule has 3 aromatic carbocycles. The van der Waals surface area contributed by atoms with E-state index in [9.17, 15) is 14.4 Å². The van der Waals surface area contributed by atoms with Crippen molar-refractivity contribution in [3.63, 3.8) is 0 Å². The van der Waals surface area contributed by atoms with Gasteiger partial charge in [0.2, 0.25) is 0 Å². The molecule has 184 valence electrons. The quantitative estimate of drug-likeness (QED) is 0.230. The van der Waals surface area contributed by atoms with E-state index in [1.54, 1.807) is 36.4 Å². The molecule has 1 N–H and O–H groups in total. The van der Waals surface area contributed by atoms with Gasteiger partial charge in [-0.2, -0.15) is 0 Å². The second kappa shape index (κ2) is 13.8. The molecule has 8 heteroatoms. The maximum absolute atomic E-state index is 13.0. The summed E-state index contributed by atoms with van der Waals surface area (Å²) in [6.45, 7) is -0.100. The van der Waals surface area contributed by atoms with Gasteiger partial charge < -0.3 is 14.2 Å². The molecule has 0 aliphatic heterocycles. The normalized spacial score (nSPS) is 10.7. The molecule has 3 rings (SSSR count). The lowest BCUT2D eigenvalue weighted by molar-refractivity contribution is -0.147. The van der Waals surface area contributed by atoms with Crippen LogP contribution in [0.1, 0.15) is 23.1 Å². The molecule has 36 heavy (non-hydrogen) atoms. The highest BCUT2D eigenvalue weighted by molar-refractivity contribution is 5.83. The summed E-state index contributed by atoms with van der Waals surface area (Å²) in [5, 5.41) is 0.752. The van der Waals surface area contributed by atoms with Crippen molar-refractivity contribution >= 4 is 18.2 Å². The van der Waals surface area contributed by atoms with Crippen LogP contribution in [0, 0.1) is 11.8 Å². The molecule has 0 bridgehead atoms. The Morgan fingerprint density at radius 3 is 1.89 bits per heavy atom. The third kappa shape index (κ3) is 8.22. The van der Waals surface area contributed by atoms with Gasteiger partial charge in [-0.3, -0.25) is 0 Å². The zero-order chi connectivity index (χ0) is 25.6. The number of carbonyl (C=O) groups excluding carboxylic acids is 3. The van der Waals surface area contributed by atoms with Gasteiger partial charge in [0.1, 0.15) is 13.2 Å². The fraction of sp³-hybridized carbons (Fsp3) is 0.179. The number of hydrogen-bond acceptors (Lipinski definition) is 6. The topological polar surface area (TPSA) is 94.2 Å². The van der Waals surface area contributed by atoms with Gasteiger partial charge in [0.15, 0.2) is 6.04 Å². The molecule has 1 unspecified atom stereocenters. The van der Waals surface area contributed by atoms with Gasteiger partial charge in [0.05, 0.1) is 7.11 Å². The maximum Gasteiger partial charge on any atom is 0.429 e. The molecule has 1 atom stereocenters. The summed E-state index contributed by atoms with van der Waals surface area (Å²) >= 11 is 0. The van der Waals surface area contributed by atoms with Crippen LogP contribution in [0.25, 0.3) is 0 Å². The summed E-state index contributed by atoms with van der Waals surface area (Å²) in [4.78, 5) is 38.1. The summed E-state index contributed by atoms with van der Waals surface area (Å²) < 4.78 is 15.4. The Morgan fingerprint density at radius 2 is 1.33 bits per heavy atom. The summed E-state index contributed by atoms with van der Waals surface area (Å²) in [5.41, 5.74) is 4.53. The molecular formula is C28H26N2O6. The van der Waals surface area contributed by atoms with E-state index in [1.807, 2.05) is 54.6 Å². The molecule has 0 spiro atoms. The lowest BCUT2D eigenvalue weighted by Gasteiger charge is -2.27. The Balaban J connectivity index is 1.76. The monoisotopic (exact) mass is 486 g/mol. The Bertz CT molecular complexity index is 1190. The van der Waals surface area contributed by atoms with E-state index in [0.29, 0.717) is 0 Å². The number of hydrogen-bond donors (Lipinski definition) is 1. The number of hydrazine groups is 1. The van der Waals surface area contributed by atoms with Gasteiger partial charge >= 0.3 is 18.2 Å². The fourth-order valence-corrected chi connectivity index (χ4v) is 3.08. The molecule has 8 nitrogen and oxygen atoms in total. The van der Waals surface area contributed by atoms with Gasteiger partial charge in [-0.15, -0.1) is 0 Å². The molecule has 0 saturated carbocycles. The van der Waals surface area contributed by atoms with Crippen LogP contribution < -0.4 is 5.43 Å². The van der Waals surface area contributed by atoms with Crippen LogP contribution in [-0.4, -0.2) is 36.3 Å². The van der Waals surface area contributed by atoms with Gasteiger partial charge in [0.25, 0.3) is 0 Å². The standard InChI is InChI=1S/C28H26N2O6/c1-34-26(31)25(19-11-18-22-12-5-2-6-13-22)30(28(33)36-21-24-16-9-4-10-17-24)29-27(32)35-20-23-14-7-3-8-15-23/h2-10,12-17,25H,19-21H2,1H3,(H,29,32). The van der Waals surface area contributed by atoms with Crippen LogP contribution in [0.2, 0.25) is 0 Å². The molecule has 0 radical (unpaired) electrons. The van der Waals surface area contributed by atoms with Crippen LogP contribution in [0.15, 0.2) is 91.0 Å². The van der Waals surface area contributed by atoms with E-state index in [-0.39, 0.29) is 19.6 Å². The number of carbonyl (C=O) groups is 3. The van der Waals surface area contributed by atoms with Crippen molar-refractivity contribution in [2.75, 3.05) is 7.11 Å². The third-order valence-corrected chi connectivity index (χ3v) is 4.91. The second-order valence-electron chi connectivity index (χ2n) is 7.49. The number of methoxy groups -OCH3 is 1. The Morgan fingerprint density at radius 1 is 0.806 bits per heavy atom. The zero-order valence-electron chi connectivity index (χ0n) is 19.8. The number of amides is 2. The minimum Gasteiger partial charge on any atom is -0.467 e. The fourth-order valence-electron chi connectivity index (χ4n) is 3.08. The first kappa shape index (κ1) is 25.8. The minimum absolute atomic E-state index is 0.0315. The van der Waals surface area contributed by atoms with E-state index in [2.05, 4.69) is 17.3 Å². The van der Waals surface area contributed by atoms with Crippen LogP contribution in [0.3, 0.4) is 0 Å². The predicted molar refractivity (Wildman–Crippen MR) is 132 cm³/mol. The van der Waals surface area contributed by atoms with Crippen molar-refractivity contribution in [1.82, 2.24) is 10.4 Å². The molecule has 0 aliphatic rings. The highest BCUT2D eigenvalue weighted by Crippen LogP contribution is 2.10. The zero-order valence-corrected chi connectivity index (χ0v) is 19.8. The first-order valence-corrected chi connectivity index (χ1v) is 11.2. The Kier molecular flexibility index (Phi) is 9.92. The van der Waals surface area contributed by atoms with Crippen LogP contribution >= 0.6 is 0 Å². The second-order valence-corrected chi connectivity index (χ2v) is 7.49. The van der Waals surface area contributed by atoms with Crippen molar-refractivity contribution < 1.29 is 28.6 Å². The SMILES string of the molecule is COC(=O)C(CC#Cc1ccccc1)N(NC(=O)OCc1ccccc1)C(=O)OCc1ccccc1. The minimum atomic E-state index is -1.28. The number of benzene rings is 3. The predicted octanol–water partition coefficient (Wildman–Crippen LogP) is 4.45. The average molecular weight is 487 g/mol. The molecule has 3 aromatic rings. The lowest BCUT2D eigenvalue weighted by atomic mass is 10.1. The summed E-state index contributed by atoms with van der Waals surface area (Å²) in [7, 11) is 1.18. The van der Waals surface area contributed by atoms with Gasteiger partial charge in [-0.05, 0) is 23.3 Å². The smallest absolute Gasteiger partial charge is 0.429 e. The molecule has 0 heterocycles. The van der Waals surface area contributed by atoms with Gasteiger partial charge in [-0.1, -0.05) is 90.7 Å². The van der Waals surface area contributed by atoms with E-state index in [4.69, 9.17) is 14.2 Å². The van der Waals surface area contributed by atoms with E-state index in [0.717, 1.165) is 21.7 Å². The van der Waals surface area contributed by atoms with Gasteiger partial charge in [-0.25, -0.2) is 24.8 Å². The Hall–Kier alpha value is -4.77. The van der Waals surface area contributed by atoms with Crippen LogP contribution in [0.4, 0.5) is 9.59 Å². The summed E-state index contributed by atoms with van der Waals surface area (Å²) in [6.07, 6.45) is -2.03. The van der Waals surface area contributed by atoms with Gasteiger partial charge in [0, 0.05) is 12.0 Å². The van der Waals surface area contributed by atoms with E-state index < -0.39 is 24.2 Å². The van der Waals surface area contributed by atoms with Crippen LogP contribution in [0.5, 0.6) is 0 Å². The molecule has 0 aromatic heterocycles. The number of esters is 1. The van der Waals surface area contributed by atoms with Crippen molar-refractivity contribution in [2.45, 2.75) is 25.7 Å². The largest absolute Gasteiger partial charge is 0.467 e. The van der Waals surface area contributed by atoms with Crippen LogP contribution in [-0.2, 0) is 32.2 Å². The maximum atomic E-state index is 13.0. The van der Waals surface area contributed by atoms with Crippen molar-refractivity contribution in [1.29, 1.82) is 0 Å². The number of ether oxygens (including phenoxy) is 3. The highest BCUT2D eigenvalue weighted by Gasteiger charge is 2.33. The first-order chi connectivity index (χ1) is 17.6. The summed E-state index contributed by atoms with van der Waals surface area (Å²) in [6, 6.07) is 25.9. The number of nitrogens with one attached hydrogen (secondary N) is 1. The van der Waals surface area contributed by atoms with E-state index >= 15 is 0 Å². The van der Waals surface area contributed by atoms with Crippen molar-refractivity contribution in [3.8, 4) is 11.8 Å². The van der Waals surface area contributed by atoms with Crippen molar-refractivity contribution in [2.24, 2.45) is 0 Å². The third-order valence-electron chi connectivity index (χ3n) is 4.91. The first-order valence-electron chi connectivity index (χ1n) is 11.2.